The fraction of sp³-hybridized carbons (Fsp3) is 0.438. The van der Waals surface area contributed by atoms with Crippen molar-refractivity contribution >= 4 is 28.3 Å². The monoisotopic (exact) mass is 373 g/mol. The first-order valence-corrected chi connectivity index (χ1v) is 9.14. The summed E-state index contributed by atoms with van der Waals surface area (Å²) in [6.07, 6.45) is 2.50. The molecule has 3 N–H and O–H groups in total. The predicted octanol–water partition coefficient (Wildman–Crippen LogP) is 1.30. The number of hydrogen-bond donors (Lipinski definition) is 3. The van der Waals surface area contributed by atoms with Gasteiger partial charge in [0.25, 0.3) is 5.91 Å². The zero-order valence-corrected chi connectivity index (χ0v) is 15.3. The molecule has 0 spiro atoms. The summed E-state index contributed by atoms with van der Waals surface area (Å²) in [6, 6.07) is 6.01. The van der Waals surface area contributed by atoms with E-state index < -0.39 is 10.0 Å². The third kappa shape index (κ3) is 5.31. The van der Waals surface area contributed by atoms with Crippen LogP contribution in [0.2, 0.25) is 0 Å². The molecule has 2 unspecified atom stereocenters. The van der Waals surface area contributed by atoms with Gasteiger partial charge in [0, 0.05) is 24.7 Å². The molecule has 1 amide bonds. The van der Waals surface area contributed by atoms with Crippen LogP contribution in [0.3, 0.4) is 0 Å². The van der Waals surface area contributed by atoms with Gasteiger partial charge < -0.3 is 10.6 Å². The Hall–Kier alpha value is -1.41. The molecule has 1 aliphatic heterocycles. The fourth-order valence-electron chi connectivity index (χ4n) is 2.47. The van der Waals surface area contributed by atoms with Crippen molar-refractivity contribution in [1.29, 1.82) is 0 Å². The number of nitrogens with one attached hydrogen (secondary N) is 3. The molecular formula is C16H24ClN3O3S. The van der Waals surface area contributed by atoms with Crippen LogP contribution in [-0.4, -0.2) is 40.0 Å². The molecule has 8 heteroatoms. The van der Waals surface area contributed by atoms with E-state index in [9.17, 15) is 13.2 Å². The van der Waals surface area contributed by atoms with Gasteiger partial charge in [-0.25, -0.2) is 13.1 Å². The summed E-state index contributed by atoms with van der Waals surface area (Å²) in [7, 11) is -3.56. The van der Waals surface area contributed by atoms with Gasteiger partial charge in [-0.3, -0.25) is 4.79 Å². The molecule has 1 aromatic carbocycles. The molecule has 0 aliphatic carbocycles. The van der Waals surface area contributed by atoms with Crippen molar-refractivity contribution in [2.24, 2.45) is 5.92 Å². The van der Waals surface area contributed by atoms with Crippen molar-refractivity contribution in [2.75, 3.05) is 19.6 Å². The maximum Gasteiger partial charge on any atom is 0.251 e. The van der Waals surface area contributed by atoms with Gasteiger partial charge in [-0.2, -0.15) is 0 Å². The lowest BCUT2D eigenvalue weighted by molar-refractivity contribution is 0.0915. The predicted molar refractivity (Wildman–Crippen MR) is 97.0 cm³/mol. The summed E-state index contributed by atoms with van der Waals surface area (Å²) < 4.78 is 26.3. The summed E-state index contributed by atoms with van der Waals surface area (Å²) >= 11 is 0. The Kier molecular flexibility index (Phi) is 7.89. The third-order valence-corrected chi connectivity index (χ3v) is 5.43. The average molecular weight is 374 g/mol. The molecule has 134 valence electrons. The molecule has 1 fully saturated rings. The molecule has 0 bridgehead atoms. The molecule has 2 atom stereocenters. The number of amides is 1. The van der Waals surface area contributed by atoms with Crippen molar-refractivity contribution in [3.05, 3.63) is 42.5 Å². The topological polar surface area (TPSA) is 87.3 Å². The summed E-state index contributed by atoms with van der Waals surface area (Å²) in [4.78, 5) is 12.4. The van der Waals surface area contributed by atoms with Crippen LogP contribution in [-0.2, 0) is 10.0 Å². The number of sulfonamides is 1. The van der Waals surface area contributed by atoms with Crippen LogP contribution in [0.5, 0.6) is 0 Å². The number of benzene rings is 1. The lowest BCUT2D eigenvalue weighted by Crippen LogP contribution is -2.50. The van der Waals surface area contributed by atoms with E-state index in [1.54, 1.807) is 0 Å². The van der Waals surface area contributed by atoms with Gasteiger partial charge in [-0.15, -0.1) is 19.0 Å². The van der Waals surface area contributed by atoms with Crippen molar-refractivity contribution in [3.8, 4) is 0 Å². The van der Waals surface area contributed by atoms with E-state index in [2.05, 4.69) is 28.9 Å². The third-order valence-electron chi connectivity index (χ3n) is 3.99. The molecule has 1 saturated heterocycles. The van der Waals surface area contributed by atoms with Gasteiger partial charge in [-0.1, -0.05) is 13.0 Å². The van der Waals surface area contributed by atoms with Crippen LogP contribution in [0.1, 0.15) is 23.7 Å². The van der Waals surface area contributed by atoms with Gasteiger partial charge in [-0.05, 0) is 43.1 Å². The smallest absolute Gasteiger partial charge is 0.251 e. The molecule has 0 aromatic heterocycles. The quantitative estimate of drug-likeness (QED) is 0.656. The van der Waals surface area contributed by atoms with Crippen LogP contribution in [0.4, 0.5) is 0 Å². The maximum atomic E-state index is 12.3. The number of hydrogen-bond acceptors (Lipinski definition) is 4. The number of piperidine rings is 1. The van der Waals surface area contributed by atoms with Gasteiger partial charge in [0.2, 0.25) is 10.0 Å². The Morgan fingerprint density at radius 1 is 1.38 bits per heavy atom. The Bertz CT molecular complexity index is 662. The van der Waals surface area contributed by atoms with E-state index in [-0.39, 0.29) is 35.8 Å². The van der Waals surface area contributed by atoms with Crippen molar-refractivity contribution < 1.29 is 13.2 Å². The number of rotatable bonds is 6. The Balaban J connectivity index is 0.00000288. The zero-order chi connectivity index (χ0) is 16.9. The van der Waals surface area contributed by atoms with E-state index in [0.717, 1.165) is 19.5 Å². The number of carbonyl (C=O) groups excluding carboxylic acids is 1. The van der Waals surface area contributed by atoms with Crippen LogP contribution in [0.25, 0.3) is 0 Å². The molecule has 6 nitrogen and oxygen atoms in total. The standard InChI is InChI=1S/C16H23N3O3S.ClH/c1-3-9-18-23(21,22)14-6-4-13(5-7-14)16(20)19-15-11-17-10-8-12(15)2;/h3-7,12,15,17-18H,1,8-11H2,2H3,(H,19,20);1H. The first-order valence-electron chi connectivity index (χ1n) is 7.66. The number of halogens is 1. The molecule has 1 heterocycles. The SMILES string of the molecule is C=CCNS(=O)(=O)c1ccc(C(=O)NC2CNCCC2C)cc1.Cl. The highest BCUT2D eigenvalue weighted by Gasteiger charge is 2.23. The first kappa shape index (κ1) is 20.6. The van der Waals surface area contributed by atoms with E-state index >= 15 is 0 Å². The molecule has 0 saturated carbocycles. The lowest BCUT2D eigenvalue weighted by atomic mass is 9.94. The Morgan fingerprint density at radius 3 is 2.62 bits per heavy atom. The lowest BCUT2D eigenvalue weighted by Gasteiger charge is -2.30. The minimum Gasteiger partial charge on any atom is -0.348 e. The first-order chi connectivity index (χ1) is 10.9. The maximum absolute atomic E-state index is 12.3. The molecule has 1 aromatic rings. The Labute approximate surface area is 149 Å². The normalized spacial score (nSPS) is 20.7. The zero-order valence-electron chi connectivity index (χ0n) is 13.6. The van der Waals surface area contributed by atoms with Crippen molar-refractivity contribution in [2.45, 2.75) is 24.3 Å². The van der Waals surface area contributed by atoms with E-state index in [1.165, 1.54) is 30.3 Å². The number of carbonyl (C=O) groups is 1. The van der Waals surface area contributed by atoms with E-state index in [4.69, 9.17) is 0 Å². The van der Waals surface area contributed by atoms with Gasteiger partial charge in [0.1, 0.15) is 0 Å². The average Bonchev–Trinajstić information content (AvgIpc) is 2.55. The second-order valence-corrected chi connectivity index (χ2v) is 7.48. The van der Waals surface area contributed by atoms with E-state index in [0.29, 0.717) is 11.5 Å². The van der Waals surface area contributed by atoms with Crippen LogP contribution in [0.15, 0.2) is 41.8 Å². The largest absolute Gasteiger partial charge is 0.348 e. The van der Waals surface area contributed by atoms with Gasteiger partial charge >= 0.3 is 0 Å². The minimum atomic E-state index is -3.56. The van der Waals surface area contributed by atoms with Crippen LogP contribution < -0.4 is 15.4 Å². The van der Waals surface area contributed by atoms with Crippen LogP contribution >= 0.6 is 12.4 Å². The summed E-state index contributed by atoms with van der Waals surface area (Å²) in [5, 5.41) is 6.26. The fourth-order valence-corrected chi connectivity index (χ4v) is 3.47. The minimum absolute atomic E-state index is 0. The second-order valence-electron chi connectivity index (χ2n) is 5.71. The van der Waals surface area contributed by atoms with E-state index in [1.807, 2.05) is 0 Å². The van der Waals surface area contributed by atoms with Crippen molar-refractivity contribution in [3.63, 3.8) is 0 Å². The highest BCUT2D eigenvalue weighted by atomic mass is 35.5. The Morgan fingerprint density at radius 2 is 2.04 bits per heavy atom. The van der Waals surface area contributed by atoms with Gasteiger partial charge in [0.05, 0.1) is 4.90 Å². The summed E-state index contributed by atoms with van der Waals surface area (Å²) in [5.41, 5.74) is 0.449. The molecule has 1 aliphatic rings. The summed E-state index contributed by atoms with van der Waals surface area (Å²) in [5.74, 6) is 0.233. The van der Waals surface area contributed by atoms with Crippen molar-refractivity contribution in [1.82, 2.24) is 15.4 Å². The highest BCUT2D eigenvalue weighted by molar-refractivity contribution is 7.89. The highest BCUT2D eigenvalue weighted by Crippen LogP contribution is 2.14. The van der Waals surface area contributed by atoms with Crippen LogP contribution in [0, 0.1) is 5.92 Å². The molecule has 0 radical (unpaired) electrons. The molecular weight excluding hydrogens is 350 g/mol. The second kappa shape index (κ2) is 9.17. The summed E-state index contributed by atoms with van der Waals surface area (Å²) in [6.45, 7) is 7.48. The molecule has 24 heavy (non-hydrogen) atoms. The van der Waals surface area contributed by atoms with Gasteiger partial charge in [0.15, 0.2) is 0 Å². The molecule has 2 rings (SSSR count).